The summed E-state index contributed by atoms with van der Waals surface area (Å²) in [7, 11) is 0. The zero-order valence-electron chi connectivity index (χ0n) is 10.8. The van der Waals surface area contributed by atoms with Crippen LogP contribution in [0.3, 0.4) is 0 Å². The van der Waals surface area contributed by atoms with Crippen LogP contribution in [0, 0.1) is 11.8 Å². The van der Waals surface area contributed by atoms with Gasteiger partial charge in [0.2, 0.25) is 5.91 Å². The maximum absolute atomic E-state index is 11.8. The standard InChI is InChI=1S/C15H20N2O/c1-10-7-14(10)15(18)17-13-4-2-3-11(8-13)9-16-12-5-6-12/h2-4,8,10,12,14,16H,5-7,9H2,1H3,(H,17,18). The van der Waals surface area contributed by atoms with E-state index in [9.17, 15) is 4.79 Å². The second kappa shape index (κ2) is 4.73. The lowest BCUT2D eigenvalue weighted by Crippen LogP contribution is -2.16. The minimum atomic E-state index is 0.176. The zero-order chi connectivity index (χ0) is 12.5. The summed E-state index contributed by atoms with van der Waals surface area (Å²) in [5.74, 6) is 0.970. The molecule has 2 aliphatic carbocycles. The molecule has 2 atom stereocenters. The van der Waals surface area contributed by atoms with Crippen molar-refractivity contribution < 1.29 is 4.79 Å². The summed E-state index contributed by atoms with van der Waals surface area (Å²) in [6.07, 6.45) is 3.64. The molecule has 96 valence electrons. The van der Waals surface area contributed by atoms with Gasteiger partial charge < -0.3 is 10.6 Å². The van der Waals surface area contributed by atoms with Crippen LogP contribution >= 0.6 is 0 Å². The van der Waals surface area contributed by atoms with Gasteiger partial charge in [-0.15, -0.1) is 0 Å². The molecule has 0 aromatic heterocycles. The molecule has 0 radical (unpaired) electrons. The van der Waals surface area contributed by atoms with Gasteiger partial charge in [0.1, 0.15) is 0 Å². The average molecular weight is 244 g/mol. The summed E-state index contributed by atoms with van der Waals surface area (Å²) in [4.78, 5) is 11.8. The van der Waals surface area contributed by atoms with Gasteiger partial charge in [0.15, 0.2) is 0 Å². The van der Waals surface area contributed by atoms with Crippen molar-refractivity contribution in [3.63, 3.8) is 0 Å². The van der Waals surface area contributed by atoms with Crippen LogP contribution in [0.1, 0.15) is 31.7 Å². The van der Waals surface area contributed by atoms with Gasteiger partial charge >= 0.3 is 0 Å². The summed E-state index contributed by atoms with van der Waals surface area (Å²) in [6.45, 7) is 3.02. The van der Waals surface area contributed by atoms with Gasteiger partial charge in [-0.3, -0.25) is 4.79 Å². The minimum Gasteiger partial charge on any atom is -0.326 e. The Balaban J connectivity index is 1.57. The van der Waals surface area contributed by atoms with E-state index in [1.807, 2.05) is 12.1 Å². The molecule has 1 aromatic carbocycles. The summed E-state index contributed by atoms with van der Waals surface area (Å²) in [5, 5.41) is 6.49. The number of nitrogens with one attached hydrogen (secondary N) is 2. The van der Waals surface area contributed by atoms with E-state index in [2.05, 4.69) is 29.7 Å². The predicted molar refractivity (Wildman–Crippen MR) is 72.2 cm³/mol. The van der Waals surface area contributed by atoms with Crippen molar-refractivity contribution in [1.29, 1.82) is 0 Å². The highest BCUT2D eigenvalue weighted by Crippen LogP contribution is 2.38. The third kappa shape index (κ3) is 2.91. The van der Waals surface area contributed by atoms with Crippen molar-refractivity contribution in [3.05, 3.63) is 29.8 Å². The van der Waals surface area contributed by atoms with E-state index in [4.69, 9.17) is 0 Å². The van der Waals surface area contributed by atoms with E-state index in [-0.39, 0.29) is 11.8 Å². The van der Waals surface area contributed by atoms with Crippen LogP contribution in [0.2, 0.25) is 0 Å². The predicted octanol–water partition coefficient (Wildman–Crippen LogP) is 2.53. The van der Waals surface area contributed by atoms with Crippen LogP contribution in [0.4, 0.5) is 5.69 Å². The molecule has 0 bridgehead atoms. The van der Waals surface area contributed by atoms with Crippen molar-refractivity contribution in [3.8, 4) is 0 Å². The maximum atomic E-state index is 11.8. The topological polar surface area (TPSA) is 41.1 Å². The number of hydrogen-bond donors (Lipinski definition) is 2. The van der Waals surface area contributed by atoms with Gasteiger partial charge in [0, 0.05) is 24.2 Å². The number of carbonyl (C=O) groups excluding carboxylic acids is 1. The molecule has 18 heavy (non-hydrogen) atoms. The van der Waals surface area contributed by atoms with E-state index in [1.165, 1.54) is 18.4 Å². The van der Waals surface area contributed by atoms with Gasteiger partial charge in [-0.1, -0.05) is 19.1 Å². The van der Waals surface area contributed by atoms with Gasteiger partial charge in [-0.2, -0.15) is 0 Å². The molecule has 2 N–H and O–H groups in total. The molecule has 3 rings (SSSR count). The van der Waals surface area contributed by atoms with Crippen LogP contribution in [0.25, 0.3) is 0 Å². The number of amides is 1. The summed E-state index contributed by atoms with van der Waals surface area (Å²) in [5.41, 5.74) is 2.16. The molecule has 0 saturated heterocycles. The van der Waals surface area contributed by atoms with Crippen molar-refractivity contribution >= 4 is 11.6 Å². The highest BCUT2D eigenvalue weighted by atomic mass is 16.2. The van der Waals surface area contributed by atoms with E-state index in [0.717, 1.165) is 24.7 Å². The Hall–Kier alpha value is -1.35. The Morgan fingerprint density at radius 3 is 2.83 bits per heavy atom. The van der Waals surface area contributed by atoms with E-state index < -0.39 is 0 Å². The number of anilines is 1. The highest BCUT2D eigenvalue weighted by Gasteiger charge is 2.39. The Kier molecular flexibility index (Phi) is 3.08. The first kappa shape index (κ1) is 11.7. The molecule has 1 amide bonds. The van der Waals surface area contributed by atoms with E-state index in [1.54, 1.807) is 0 Å². The first-order valence-corrected chi connectivity index (χ1v) is 6.85. The fraction of sp³-hybridized carbons (Fsp3) is 0.533. The number of hydrogen-bond acceptors (Lipinski definition) is 2. The molecule has 2 fully saturated rings. The van der Waals surface area contributed by atoms with Gasteiger partial charge in [-0.05, 0) is 42.9 Å². The fourth-order valence-electron chi connectivity index (χ4n) is 2.23. The molecule has 2 saturated carbocycles. The molecule has 0 aliphatic heterocycles. The maximum Gasteiger partial charge on any atom is 0.227 e. The Morgan fingerprint density at radius 1 is 1.39 bits per heavy atom. The monoisotopic (exact) mass is 244 g/mol. The normalized spacial score (nSPS) is 25.8. The first-order valence-electron chi connectivity index (χ1n) is 6.85. The first-order chi connectivity index (χ1) is 8.72. The Labute approximate surface area is 108 Å². The second-order valence-electron chi connectivity index (χ2n) is 5.66. The quantitative estimate of drug-likeness (QED) is 0.835. The third-order valence-corrected chi connectivity index (χ3v) is 3.81. The zero-order valence-corrected chi connectivity index (χ0v) is 10.8. The number of benzene rings is 1. The van der Waals surface area contributed by atoms with E-state index >= 15 is 0 Å². The van der Waals surface area contributed by atoms with Gasteiger partial charge in [0.05, 0.1) is 0 Å². The molecule has 1 aromatic rings. The SMILES string of the molecule is CC1CC1C(=O)Nc1cccc(CNC2CC2)c1. The van der Waals surface area contributed by atoms with Crippen molar-refractivity contribution in [2.75, 3.05) is 5.32 Å². The minimum absolute atomic E-state index is 0.176. The smallest absolute Gasteiger partial charge is 0.227 e. The molecule has 0 spiro atoms. The molecule has 3 nitrogen and oxygen atoms in total. The van der Waals surface area contributed by atoms with Crippen LogP contribution in [-0.4, -0.2) is 11.9 Å². The van der Waals surface area contributed by atoms with Crippen LogP contribution in [0.5, 0.6) is 0 Å². The fourth-order valence-corrected chi connectivity index (χ4v) is 2.23. The number of rotatable bonds is 5. The molecule has 3 heteroatoms. The largest absolute Gasteiger partial charge is 0.326 e. The van der Waals surface area contributed by atoms with Crippen molar-refractivity contribution in [2.24, 2.45) is 11.8 Å². The van der Waals surface area contributed by atoms with Crippen LogP contribution in [0.15, 0.2) is 24.3 Å². The lowest BCUT2D eigenvalue weighted by atomic mass is 10.2. The summed E-state index contributed by atoms with van der Waals surface area (Å²) in [6, 6.07) is 8.86. The second-order valence-corrected chi connectivity index (χ2v) is 5.66. The van der Waals surface area contributed by atoms with Crippen molar-refractivity contribution in [2.45, 2.75) is 38.8 Å². The molecule has 2 aliphatic rings. The van der Waals surface area contributed by atoms with E-state index in [0.29, 0.717) is 5.92 Å². The number of carbonyl (C=O) groups is 1. The Bertz CT molecular complexity index is 454. The third-order valence-electron chi connectivity index (χ3n) is 3.81. The molecule has 0 heterocycles. The summed E-state index contributed by atoms with van der Waals surface area (Å²) >= 11 is 0. The summed E-state index contributed by atoms with van der Waals surface area (Å²) < 4.78 is 0. The van der Waals surface area contributed by atoms with Crippen molar-refractivity contribution in [1.82, 2.24) is 5.32 Å². The Morgan fingerprint density at radius 2 is 2.17 bits per heavy atom. The molecule has 2 unspecified atom stereocenters. The lowest BCUT2D eigenvalue weighted by Gasteiger charge is -2.08. The van der Waals surface area contributed by atoms with Gasteiger partial charge in [-0.25, -0.2) is 0 Å². The molecular formula is C15H20N2O. The lowest BCUT2D eigenvalue weighted by molar-refractivity contribution is -0.117. The highest BCUT2D eigenvalue weighted by molar-refractivity contribution is 5.94. The van der Waals surface area contributed by atoms with Crippen LogP contribution in [-0.2, 0) is 11.3 Å². The van der Waals surface area contributed by atoms with Crippen LogP contribution < -0.4 is 10.6 Å². The molecular weight excluding hydrogens is 224 g/mol. The average Bonchev–Trinajstić information content (AvgIpc) is 3.23. The van der Waals surface area contributed by atoms with Gasteiger partial charge in [0.25, 0.3) is 0 Å².